The summed E-state index contributed by atoms with van der Waals surface area (Å²) in [5.41, 5.74) is 10.2. The van der Waals surface area contributed by atoms with Gasteiger partial charge in [0.05, 0.1) is 41.3 Å². The van der Waals surface area contributed by atoms with Crippen LogP contribution in [0.4, 0.5) is 4.79 Å². The maximum Gasteiger partial charge on any atom is 0.407 e. The Balaban J connectivity index is 1.04. The highest BCUT2D eigenvalue weighted by Crippen LogP contribution is 2.52. The van der Waals surface area contributed by atoms with E-state index in [-0.39, 0.29) is 35.7 Å². The third kappa shape index (κ3) is 6.63. The molecular weight excluding hydrogens is 731 g/mol. The van der Waals surface area contributed by atoms with Crippen LogP contribution in [-0.4, -0.2) is 79.7 Å². The Kier molecular flexibility index (Phi) is 9.84. The van der Waals surface area contributed by atoms with Crippen LogP contribution in [0.15, 0.2) is 48.5 Å². The first kappa shape index (κ1) is 38.0. The average molecular weight is 784 g/mol. The number of imidazole rings is 2. The number of hydrogen-bond acceptors (Lipinski definition) is 7. The second kappa shape index (κ2) is 15.0. The molecule has 12 nitrogen and oxygen atoms in total. The molecule has 3 amide bonds. The first-order chi connectivity index (χ1) is 28.0. The monoisotopic (exact) mass is 783 g/mol. The molecule has 4 heterocycles. The Labute approximate surface area is 338 Å². The van der Waals surface area contributed by atoms with E-state index >= 15 is 0 Å². The van der Waals surface area contributed by atoms with E-state index in [4.69, 9.17) is 14.7 Å². The zero-order valence-corrected chi connectivity index (χ0v) is 34.1. The number of aromatic amines is 2. The van der Waals surface area contributed by atoms with Crippen LogP contribution in [0.2, 0.25) is 0 Å². The second-order valence-corrected chi connectivity index (χ2v) is 17.6. The number of likely N-dealkylation sites (tertiary alicyclic amines) is 2. The van der Waals surface area contributed by atoms with Gasteiger partial charge in [-0.2, -0.15) is 0 Å². The Morgan fingerprint density at radius 3 is 2.05 bits per heavy atom. The Bertz CT molecular complexity index is 2450. The number of Topliss-reactive ketones (excluding diaryl/α,β-unsaturated/α-hetero) is 1. The molecule has 5 atom stereocenters. The number of methoxy groups -OCH3 is 1. The molecule has 3 fully saturated rings. The van der Waals surface area contributed by atoms with Crippen LogP contribution in [0.5, 0.6) is 0 Å². The van der Waals surface area contributed by atoms with Gasteiger partial charge in [-0.25, -0.2) is 14.8 Å². The lowest BCUT2D eigenvalue weighted by molar-refractivity contribution is -0.135. The Hall–Kier alpha value is -5.52. The lowest BCUT2D eigenvalue weighted by Gasteiger charge is -2.29. The summed E-state index contributed by atoms with van der Waals surface area (Å²) in [5.74, 6) is 2.32. The third-order valence-corrected chi connectivity index (χ3v) is 13.1. The molecule has 0 spiro atoms. The van der Waals surface area contributed by atoms with Crippen molar-refractivity contribution in [2.45, 2.75) is 103 Å². The number of carbonyl (C=O) groups excluding carboxylic acids is 4. The Morgan fingerprint density at radius 2 is 1.43 bits per heavy atom. The van der Waals surface area contributed by atoms with Crippen LogP contribution in [0, 0.1) is 17.8 Å². The number of nitrogens with zero attached hydrogens (tertiary/aromatic N) is 4. The second-order valence-electron chi connectivity index (χ2n) is 17.6. The molecule has 2 aromatic heterocycles. The number of rotatable bonds is 9. The number of fused-ring (bicyclic) bond motifs is 5. The summed E-state index contributed by atoms with van der Waals surface area (Å²) < 4.78 is 4.81. The van der Waals surface area contributed by atoms with Gasteiger partial charge in [0.25, 0.3) is 0 Å². The quantitative estimate of drug-likeness (QED) is 0.136. The van der Waals surface area contributed by atoms with Crippen LogP contribution in [0.25, 0.3) is 44.3 Å². The summed E-state index contributed by atoms with van der Waals surface area (Å²) in [6.45, 7) is 9.34. The molecule has 3 N–H and O–H groups in total. The fourth-order valence-corrected chi connectivity index (χ4v) is 10.3. The number of nitrogens with one attached hydrogen (secondary N) is 3. The molecule has 1 saturated carbocycles. The van der Waals surface area contributed by atoms with Crippen LogP contribution in [0.3, 0.4) is 0 Å². The predicted molar refractivity (Wildman–Crippen MR) is 222 cm³/mol. The predicted octanol–water partition coefficient (Wildman–Crippen LogP) is 8.15. The minimum Gasteiger partial charge on any atom is -0.453 e. The van der Waals surface area contributed by atoms with Gasteiger partial charge in [-0.05, 0) is 114 Å². The van der Waals surface area contributed by atoms with E-state index < -0.39 is 12.1 Å². The molecule has 3 aromatic carbocycles. The molecule has 2 saturated heterocycles. The number of aromatic nitrogens is 4. The van der Waals surface area contributed by atoms with E-state index in [1.165, 1.54) is 12.7 Å². The number of carbonyl (C=O) groups is 4. The van der Waals surface area contributed by atoms with Crippen molar-refractivity contribution >= 4 is 45.8 Å². The van der Waals surface area contributed by atoms with Gasteiger partial charge in [0.2, 0.25) is 11.8 Å². The normalized spacial score (nSPS) is 22.1. The standard InChI is InChI=1S/C46H53N7O5/c1-24(2)20-39(55)52-18-6-8-36(52)43-47-33-16-11-27(23-35(33)49-43)30-14-13-29(31-21-28-12-17-38(54)40(28)41(30)31)26-10-15-32-34(22-26)50-44(48-32)37-9-7-19-53(37)45(56)42(25(3)4)51-46(57)58-5/h10-11,13-16,22-25,28,36-37,40,42H,6-9,12,17-21H2,1-5H3,(H,47,49)(H,48,50)(H,51,57)/t28?,36?,37-,40?,42-/m0/s1. The Morgan fingerprint density at radius 1 is 0.828 bits per heavy atom. The van der Waals surface area contributed by atoms with Crippen molar-refractivity contribution < 1.29 is 23.9 Å². The average Bonchev–Trinajstić information content (AvgIpc) is 4.06. The molecule has 12 heteroatoms. The van der Waals surface area contributed by atoms with Crippen molar-refractivity contribution in [2.75, 3.05) is 20.2 Å². The van der Waals surface area contributed by atoms with Crippen molar-refractivity contribution in [3.63, 3.8) is 0 Å². The fraction of sp³-hybridized carbons (Fsp3) is 0.478. The molecule has 2 aliphatic carbocycles. The van der Waals surface area contributed by atoms with Crippen LogP contribution >= 0.6 is 0 Å². The number of H-pyrrole nitrogens is 2. The highest BCUT2D eigenvalue weighted by Gasteiger charge is 2.44. The van der Waals surface area contributed by atoms with Gasteiger partial charge in [-0.3, -0.25) is 14.4 Å². The summed E-state index contributed by atoms with van der Waals surface area (Å²) in [7, 11) is 1.30. The molecule has 302 valence electrons. The van der Waals surface area contributed by atoms with E-state index in [1.54, 1.807) is 0 Å². The van der Waals surface area contributed by atoms with Crippen molar-refractivity contribution in [3.05, 3.63) is 71.3 Å². The minimum absolute atomic E-state index is 0.0436. The third-order valence-electron chi connectivity index (χ3n) is 13.1. The number of alkyl carbamates (subject to hydrolysis) is 1. The maximum absolute atomic E-state index is 13.8. The van der Waals surface area contributed by atoms with E-state index in [0.717, 1.165) is 107 Å². The SMILES string of the molecule is COC(=O)N[C@H](C(=O)N1CCC[C@H]1c1nc2ccc(-c3ccc(-c4ccc5nc(C6CCCN6C(=O)CC(C)C)[nH]c5c4)c4c3CC3CCC(=O)C43)cc2[nH]1)C(C)C. The zero-order valence-electron chi connectivity index (χ0n) is 34.1. The smallest absolute Gasteiger partial charge is 0.407 e. The lowest BCUT2D eigenvalue weighted by Crippen LogP contribution is -2.51. The van der Waals surface area contributed by atoms with Gasteiger partial charge in [0.15, 0.2) is 0 Å². The molecule has 2 aliphatic heterocycles. The minimum atomic E-state index is -0.700. The molecule has 3 unspecified atom stereocenters. The van der Waals surface area contributed by atoms with E-state index in [2.05, 4.69) is 71.6 Å². The number of ketones is 1. The summed E-state index contributed by atoms with van der Waals surface area (Å²) in [6.07, 6.45) is 5.78. The van der Waals surface area contributed by atoms with Crippen LogP contribution < -0.4 is 5.32 Å². The number of benzene rings is 3. The molecule has 58 heavy (non-hydrogen) atoms. The van der Waals surface area contributed by atoms with Crippen molar-refractivity contribution in [1.29, 1.82) is 0 Å². The first-order valence-corrected chi connectivity index (χ1v) is 21.1. The highest BCUT2D eigenvalue weighted by atomic mass is 16.5. The molecule has 0 radical (unpaired) electrons. The summed E-state index contributed by atoms with van der Waals surface area (Å²) >= 11 is 0. The fourth-order valence-electron chi connectivity index (χ4n) is 10.3. The maximum atomic E-state index is 13.8. The number of hydrogen-bond donors (Lipinski definition) is 3. The van der Waals surface area contributed by atoms with Gasteiger partial charge in [-0.1, -0.05) is 52.0 Å². The highest BCUT2D eigenvalue weighted by molar-refractivity contribution is 5.96. The van der Waals surface area contributed by atoms with E-state index in [1.807, 2.05) is 29.7 Å². The largest absolute Gasteiger partial charge is 0.453 e. The van der Waals surface area contributed by atoms with Crippen LogP contribution in [-0.2, 0) is 25.5 Å². The number of ether oxygens (including phenoxy) is 1. The summed E-state index contributed by atoms with van der Waals surface area (Å²) in [6, 6.07) is 16.0. The first-order valence-electron chi connectivity index (χ1n) is 21.1. The molecule has 0 bridgehead atoms. The lowest BCUT2D eigenvalue weighted by atomic mass is 9.86. The molecule has 5 aromatic rings. The summed E-state index contributed by atoms with van der Waals surface area (Å²) in [4.78, 5) is 73.5. The van der Waals surface area contributed by atoms with Gasteiger partial charge in [0.1, 0.15) is 23.5 Å². The van der Waals surface area contributed by atoms with Gasteiger partial charge in [-0.15, -0.1) is 0 Å². The van der Waals surface area contributed by atoms with Crippen molar-refractivity contribution in [3.8, 4) is 22.3 Å². The van der Waals surface area contributed by atoms with E-state index in [9.17, 15) is 19.2 Å². The van der Waals surface area contributed by atoms with Crippen molar-refractivity contribution in [1.82, 2.24) is 35.1 Å². The van der Waals surface area contributed by atoms with E-state index in [0.29, 0.717) is 37.0 Å². The molecule has 9 rings (SSSR count). The molecular formula is C46H53N7O5. The molecule has 4 aliphatic rings. The zero-order chi connectivity index (χ0) is 40.4. The van der Waals surface area contributed by atoms with Crippen LogP contribution in [0.1, 0.15) is 113 Å². The van der Waals surface area contributed by atoms with Gasteiger partial charge >= 0.3 is 6.09 Å². The van der Waals surface area contributed by atoms with Gasteiger partial charge in [0, 0.05) is 31.8 Å². The summed E-state index contributed by atoms with van der Waals surface area (Å²) in [5, 5.41) is 2.73. The van der Waals surface area contributed by atoms with Crippen molar-refractivity contribution in [2.24, 2.45) is 17.8 Å². The topological polar surface area (TPSA) is 153 Å². The van der Waals surface area contributed by atoms with Gasteiger partial charge < -0.3 is 29.8 Å². The number of amides is 3.